The number of benzene rings is 1. The van der Waals surface area contributed by atoms with Crippen LogP contribution in [0.5, 0.6) is 5.75 Å². The van der Waals surface area contributed by atoms with Crippen molar-refractivity contribution in [2.24, 2.45) is 5.10 Å². The van der Waals surface area contributed by atoms with Gasteiger partial charge in [-0.25, -0.2) is 15.1 Å². The molecule has 0 saturated carbocycles. The lowest BCUT2D eigenvalue weighted by Gasteiger charge is -2.27. The van der Waals surface area contributed by atoms with Gasteiger partial charge in [-0.15, -0.1) is 11.3 Å². The average molecular weight is 400 g/mol. The van der Waals surface area contributed by atoms with Crippen LogP contribution in [0.25, 0.3) is 0 Å². The van der Waals surface area contributed by atoms with Crippen LogP contribution in [0.4, 0.5) is 0 Å². The number of halogens is 1. The summed E-state index contributed by atoms with van der Waals surface area (Å²) in [6, 6.07) is 8.89. The molecule has 1 aromatic carbocycles. The summed E-state index contributed by atoms with van der Waals surface area (Å²) in [6.07, 6.45) is 1.57. The number of hydrogen-bond acceptors (Lipinski definition) is 6. The van der Waals surface area contributed by atoms with Crippen LogP contribution in [0.2, 0.25) is 4.47 Å². The summed E-state index contributed by atoms with van der Waals surface area (Å²) in [5.74, 6) is 0.537. The van der Waals surface area contributed by atoms with Crippen molar-refractivity contribution < 1.29 is 9.77 Å². The Morgan fingerprint density at radius 2 is 2.12 bits per heavy atom. The molecule has 0 radical (unpaired) electrons. The number of guanidine groups is 1. The van der Waals surface area contributed by atoms with Crippen LogP contribution >= 0.6 is 35.2 Å². The fourth-order valence-electron chi connectivity index (χ4n) is 1.83. The first kappa shape index (κ1) is 19.0. The molecule has 0 unspecified atom stereocenters. The Hall–Kier alpha value is -2.30. The van der Waals surface area contributed by atoms with E-state index in [1.807, 2.05) is 6.07 Å². The van der Waals surface area contributed by atoms with E-state index in [4.69, 9.17) is 28.6 Å². The van der Waals surface area contributed by atoms with E-state index in [2.05, 4.69) is 10.1 Å². The standard InChI is InChI=1S/C14H14ClN5O3S2/c1-18(2)13(17-20(21)22)19(9-11-8-16-12(15)25-11)14(24)23-10-6-4-3-5-7-10/h3-8H,9H2,1-2H3. The summed E-state index contributed by atoms with van der Waals surface area (Å²) in [5.41, 5.74) is 0. The van der Waals surface area contributed by atoms with Crippen LogP contribution in [-0.2, 0) is 6.54 Å². The fourth-order valence-corrected chi connectivity index (χ4v) is 3.04. The lowest BCUT2D eigenvalue weighted by molar-refractivity contribution is -0.486. The van der Waals surface area contributed by atoms with E-state index < -0.39 is 5.03 Å². The quantitative estimate of drug-likeness (QED) is 0.257. The lowest BCUT2D eigenvalue weighted by Crippen LogP contribution is -2.45. The normalized spacial score (nSPS) is 11.1. The van der Waals surface area contributed by atoms with E-state index in [0.717, 1.165) is 4.88 Å². The minimum absolute atomic E-state index is 0.0185. The maximum absolute atomic E-state index is 10.9. The van der Waals surface area contributed by atoms with Crippen molar-refractivity contribution in [3.05, 3.63) is 56.0 Å². The number of nitrogens with zero attached hydrogens (tertiary/aromatic N) is 5. The van der Waals surface area contributed by atoms with Crippen molar-refractivity contribution in [2.75, 3.05) is 14.1 Å². The first-order valence-corrected chi connectivity index (χ1v) is 8.52. The van der Waals surface area contributed by atoms with Gasteiger partial charge in [0.05, 0.1) is 6.54 Å². The molecular formula is C14H14ClN5O3S2. The molecule has 0 saturated heterocycles. The molecule has 0 amide bonds. The third-order valence-electron chi connectivity index (χ3n) is 2.82. The number of hydrazone groups is 1. The van der Waals surface area contributed by atoms with E-state index in [1.165, 1.54) is 21.1 Å². The van der Waals surface area contributed by atoms with Gasteiger partial charge in [0.15, 0.2) is 9.50 Å². The third-order valence-corrected chi connectivity index (χ3v) is 4.22. The van der Waals surface area contributed by atoms with Crippen LogP contribution < -0.4 is 4.74 Å². The first-order valence-electron chi connectivity index (χ1n) is 6.91. The Kier molecular flexibility index (Phi) is 6.62. The molecule has 0 fully saturated rings. The second-order valence-electron chi connectivity index (χ2n) is 4.88. The zero-order valence-electron chi connectivity index (χ0n) is 13.3. The zero-order valence-corrected chi connectivity index (χ0v) is 15.7. The molecule has 2 rings (SSSR count). The highest BCUT2D eigenvalue weighted by atomic mass is 35.5. The van der Waals surface area contributed by atoms with E-state index in [-0.39, 0.29) is 17.7 Å². The minimum atomic E-state index is -0.785. The van der Waals surface area contributed by atoms with Crippen molar-refractivity contribution in [3.63, 3.8) is 0 Å². The maximum atomic E-state index is 10.9. The van der Waals surface area contributed by atoms with Crippen molar-refractivity contribution in [2.45, 2.75) is 6.54 Å². The summed E-state index contributed by atoms with van der Waals surface area (Å²) >= 11 is 12.4. The largest absolute Gasteiger partial charge is 0.431 e. The van der Waals surface area contributed by atoms with Crippen LogP contribution in [0, 0.1) is 10.1 Å². The fraction of sp³-hybridized carbons (Fsp3) is 0.214. The Morgan fingerprint density at radius 3 is 2.64 bits per heavy atom. The van der Waals surface area contributed by atoms with Gasteiger partial charge in [-0.1, -0.05) is 29.8 Å². The monoisotopic (exact) mass is 399 g/mol. The van der Waals surface area contributed by atoms with Crippen molar-refractivity contribution in [1.82, 2.24) is 14.8 Å². The molecule has 0 aliphatic heterocycles. The van der Waals surface area contributed by atoms with E-state index >= 15 is 0 Å². The van der Waals surface area contributed by atoms with Gasteiger partial charge < -0.3 is 9.64 Å². The van der Waals surface area contributed by atoms with Crippen molar-refractivity contribution in [1.29, 1.82) is 0 Å². The average Bonchev–Trinajstić information content (AvgIpc) is 2.96. The Bertz CT molecular complexity index is 782. The van der Waals surface area contributed by atoms with Crippen LogP contribution in [0.3, 0.4) is 0 Å². The number of rotatable bonds is 4. The molecule has 0 aliphatic carbocycles. The van der Waals surface area contributed by atoms with Gasteiger partial charge >= 0.3 is 0 Å². The highest BCUT2D eigenvalue weighted by molar-refractivity contribution is 7.80. The van der Waals surface area contributed by atoms with Crippen LogP contribution in [-0.4, -0.2) is 45.0 Å². The zero-order chi connectivity index (χ0) is 18.4. The predicted molar refractivity (Wildman–Crippen MR) is 100 cm³/mol. The molecule has 0 spiro atoms. The second-order valence-corrected chi connectivity index (χ2v) is 6.93. The molecular weight excluding hydrogens is 386 g/mol. The van der Waals surface area contributed by atoms with Crippen LogP contribution in [0.15, 0.2) is 41.6 Å². The lowest BCUT2D eigenvalue weighted by atomic mass is 10.3. The summed E-state index contributed by atoms with van der Waals surface area (Å²) in [7, 11) is 3.25. The smallest absolute Gasteiger partial charge is 0.281 e. The van der Waals surface area contributed by atoms with E-state index in [0.29, 0.717) is 10.2 Å². The topological polar surface area (TPSA) is 84.1 Å². The SMILES string of the molecule is CN(C)C(=N[N+](=O)[O-])N(Cc1cnc(Cl)s1)C(=S)Oc1ccccc1. The summed E-state index contributed by atoms with van der Waals surface area (Å²) in [6.45, 7) is 0.181. The number of nitro groups is 1. The van der Waals surface area contributed by atoms with Gasteiger partial charge in [0.1, 0.15) is 10.9 Å². The molecule has 1 aromatic heterocycles. The third kappa shape index (κ3) is 5.62. The van der Waals surface area contributed by atoms with Gasteiger partial charge in [0.25, 0.3) is 11.1 Å². The van der Waals surface area contributed by atoms with Crippen LogP contribution in [0.1, 0.15) is 4.88 Å². The molecule has 25 heavy (non-hydrogen) atoms. The second kappa shape index (κ2) is 8.70. The molecule has 0 aliphatic rings. The number of thiazole rings is 1. The molecule has 8 nitrogen and oxygen atoms in total. The van der Waals surface area contributed by atoms with Gasteiger partial charge in [-0.2, -0.15) is 0 Å². The molecule has 11 heteroatoms. The molecule has 0 atom stereocenters. The number of aromatic nitrogens is 1. The Labute approximate surface area is 158 Å². The summed E-state index contributed by atoms with van der Waals surface area (Å²) in [5, 5.41) is 13.6. The van der Waals surface area contributed by atoms with Gasteiger partial charge in [0.2, 0.25) is 0 Å². The van der Waals surface area contributed by atoms with Gasteiger partial charge in [-0.3, -0.25) is 4.90 Å². The molecule has 0 N–H and O–H groups in total. The van der Waals surface area contributed by atoms with Crippen molar-refractivity contribution >= 4 is 46.3 Å². The minimum Gasteiger partial charge on any atom is -0.431 e. The number of ether oxygens (including phenoxy) is 1. The highest BCUT2D eigenvalue weighted by Gasteiger charge is 2.25. The Morgan fingerprint density at radius 1 is 1.44 bits per heavy atom. The number of para-hydroxylation sites is 1. The highest BCUT2D eigenvalue weighted by Crippen LogP contribution is 2.21. The van der Waals surface area contributed by atoms with E-state index in [9.17, 15) is 10.1 Å². The summed E-state index contributed by atoms with van der Waals surface area (Å²) in [4.78, 5) is 18.5. The van der Waals surface area contributed by atoms with E-state index in [1.54, 1.807) is 44.6 Å². The predicted octanol–water partition coefficient (Wildman–Crippen LogP) is 3.07. The molecule has 1 heterocycles. The number of hydrogen-bond donors (Lipinski definition) is 0. The Balaban J connectivity index is 2.32. The van der Waals surface area contributed by atoms with Gasteiger partial charge in [0, 0.05) is 25.2 Å². The maximum Gasteiger partial charge on any atom is 0.281 e. The number of thiocarbonyl (C=S) groups is 1. The molecule has 2 aromatic rings. The van der Waals surface area contributed by atoms with Gasteiger partial charge in [-0.05, 0) is 24.4 Å². The summed E-state index contributed by atoms with van der Waals surface area (Å²) < 4.78 is 6.01. The van der Waals surface area contributed by atoms with Crippen molar-refractivity contribution in [3.8, 4) is 5.75 Å². The molecule has 0 bridgehead atoms. The molecule has 132 valence electrons. The first-order chi connectivity index (χ1) is 11.9.